The van der Waals surface area contributed by atoms with Crippen molar-refractivity contribution in [1.29, 1.82) is 0 Å². The summed E-state index contributed by atoms with van der Waals surface area (Å²) in [5.41, 5.74) is 3.91. The van der Waals surface area contributed by atoms with Gasteiger partial charge in [-0.05, 0) is 151 Å². The number of carbonyl (C=O) groups excluding carboxylic acids is 3. The molecule has 4 saturated carbocycles. The Labute approximate surface area is 440 Å². The quantitative estimate of drug-likeness (QED) is 0.0623. The van der Waals surface area contributed by atoms with E-state index in [4.69, 9.17) is 14.2 Å². The second-order valence-corrected chi connectivity index (χ2v) is 23.9. The average molecular weight is 1030 g/mol. The maximum Gasteiger partial charge on any atom is 0.334 e. The van der Waals surface area contributed by atoms with Crippen LogP contribution in [0.2, 0.25) is 0 Å². The number of aryl methyl sites for hydroxylation is 1. The summed E-state index contributed by atoms with van der Waals surface area (Å²) in [4.78, 5) is 44.4. The number of carbonyl (C=O) groups is 3. The number of aliphatic hydroxyl groups is 5. The van der Waals surface area contributed by atoms with Crippen LogP contribution in [0.25, 0.3) is 0 Å². The van der Waals surface area contributed by atoms with Gasteiger partial charge in [0.25, 0.3) is 0 Å². The maximum atomic E-state index is 16.1. The van der Waals surface area contributed by atoms with Crippen LogP contribution in [0.1, 0.15) is 165 Å². The molecule has 3 aliphatic heterocycles. The van der Waals surface area contributed by atoms with E-state index in [1.54, 1.807) is 6.07 Å². The topological polar surface area (TPSA) is 212 Å². The number of esters is 2. The molecule has 0 radical (unpaired) electrons. The molecule has 12 atom stereocenters. The maximum absolute atomic E-state index is 16.1. The molecule has 3 aromatic rings. The number of ether oxygens (including phenoxy) is 3. The van der Waals surface area contributed by atoms with Crippen LogP contribution in [0.15, 0.2) is 53.6 Å². The van der Waals surface area contributed by atoms with Crippen molar-refractivity contribution >= 4 is 23.4 Å². The first-order valence-electron chi connectivity index (χ1n) is 28.1. The van der Waals surface area contributed by atoms with Gasteiger partial charge in [0, 0.05) is 67.1 Å². The number of nitrogens with one attached hydrogen (secondary N) is 1. The Morgan fingerprint density at radius 2 is 1.64 bits per heavy atom. The summed E-state index contributed by atoms with van der Waals surface area (Å²) in [5, 5.41) is 75.8. The lowest BCUT2D eigenvalue weighted by atomic mass is 9.48. The molecule has 0 spiro atoms. The van der Waals surface area contributed by atoms with Crippen LogP contribution in [0.4, 0.5) is 5.69 Å². The Balaban J connectivity index is 1.14. The Morgan fingerprint density at radius 1 is 0.853 bits per heavy atom. The number of ketones is 1. The molecule has 3 aromatic carbocycles. The van der Waals surface area contributed by atoms with Crippen LogP contribution < -0.4 is 10.1 Å². The predicted molar refractivity (Wildman–Crippen MR) is 280 cm³/mol. The van der Waals surface area contributed by atoms with Gasteiger partial charge < -0.3 is 50.2 Å². The van der Waals surface area contributed by atoms with Gasteiger partial charge in [-0.15, -0.1) is 0 Å². The molecular weight excluding hydrogens is 951 g/mol. The van der Waals surface area contributed by atoms with Crippen molar-refractivity contribution in [3.8, 4) is 23.3 Å². The van der Waals surface area contributed by atoms with Gasteiger partial charge in [0.2, 0.25) is 0 Å². The molecular formula is C62H75NO12. The Bertz CT molecular complexity index is 2820. The van der Waals surface area contributed by atoms with Crippen molar-refractivity contribution < 1.29 is 59.2 Å². The summed E-state index contributed by atoms with van der Waals surface area (Å²) in [5.74, 6) is 3.68. The van der Waals surface area contributed by atoms with Crippen molar-refractivity contribution in [3.05, 3.63) is 98.1 Å². The minimum Gasteiger partial charge on any atom is -0.507 e. The van der Waals surface area contributed by atoms with Crippen molar-refractivity contribution in [2.75, 3.05) is 25.6 Å². The van der Waals surface area contributed by atoms with Crippen LogP contribution in [0.3, 0.4) is 0 Å². The van der Waals surface area contributed by atoms with Crippen molar-refractivity contribution in [2.45, 2.75) is 183 Å². The second kappa shape index (κ2) is 21.0. The zero-order valence-electron chi connectivity index (χ0n) is 43.6. The number of aliphatic hydroxyl groups excluding tert-OH is 3. The normalized spacial score (nSPS) is 31.9. The minimum absolute atomic E-state index is 0.0169. The average Bonchev–Trinajstić information content (AvgIpc) is 3.57. The molecule has 3 heterocycles. The molecule has 12 unspecified atom stereocenters. The smallest absolute Gasteiger partial charge is 0.334 e. The van der Waals surface area contributed by atoms with E-state index in [0.717, 1.165) is 80.9 Å². The number of anilines is 1. The van der Waals surface area contributed by atoms with Crippen LogP contribution in [-0.4, -0.2) is 98.1 Å². The SMILES string of the molecule is COCC(O)C(C)(O)CNc1cc(CO)cc(C2C#CC3CC(=O)Oc4c3cc(c(O)c4C3CCCCC3)CC3OC(=O)C(=C4CCc5ccc(cc5CC4O)CC4C(=O)CCC5C4CC4CCCCC4C35O)C2)c1. The number of hydrogen-bond acceptors (Lipinski definition) is 13. The summed E-state index contributed by atoms with van der Waals surface area (Å²) < 4.78 is 18.5. The van der Waals surface area contributed by atoms with Gasteiger partial charge in [0.05, 0.1) is 31.7 Å². The summed E-state index contributed by atoms with van der Waals surface area (Å²) in [6, 6.07) is 13.6. The monoisotopic (exact) mass is 1030 g/mol. The summed E-state index contributed by atoms with van der Waals surface area (Å²) in [7, 11) is 1.44. The van der Waals surface area contributed by atoms with E-state index in [-0.39, 0.29) is 92.1 Å². The number of methoxy groups -OCH3 is 1. The Kier molecular flexibility index (Phi) is 14.6. The lowest BCUT2D eigenvalue weighted by Crippen LogP contribution is -2.66. The van der Waals surface area contributed by atoms with Gasteiger partial charge in [-0.25, -0.2) is 4.79 Å². The highest BCUT2D eigenvalue weighted by Crippen LogP contribution is 2.59. The summed E-state index contributed by atoms with van der Waals surface area (Å²) in [6.07, 6.45) is 7.51. The van der Waals surface area contributed by atoms with E-state index < -0.39 is 59.2 Å². The van der Waals surface area contributed by atoms with E-state index >= 15 is 4.79 Å². The molecule has 400 valence electrons. The highest BCUT2D eigenvalue weighted by Gasteiger charge is 2.62. The first-order chi connectivity index (χ1) is 36.1. The number of rotatable bonds is 9. The first kappa shape index (κ1) is 52.0. The lowest BCUT2D eigenvalue weighted by molar-refractivity contribution is -0.228. The minimum atomic E-state index is -1.61. The number of benzene rings is 3. The fraction of sp³-hybridized carbons (Fsp3) is 0.597. The highest BCUT2D eigenvalue weighted by molar-refractivity contribution is 5.90. The molecule has 0 amide bonds. The van der Waals surface area contributed by atoms with Crippen LogP contribution >= 0.6 is 0 Å². The Hall–Kier alpha value is -5.07. The number of aromatic hydroxyl groups is 1. The molecule has 11 rings (SSSR count). The summed E-state index contributed by atoms with van der Waals surface area (Å²) in [6.45, 7) is 0.973. The predicted octanol–water partition coefficient (Wildman–Crippen LogP) is 7.70. The molecule has 4 fully saturated rings. The Morgan fingerprint density at radius 3 is 2.44 bits per heavy atom. The molecule has 11 bridgehead atoms. The molecule has 7 N–H and O–H groups in total. The molecule has 13 heteroatoms. The zero-order valence-corrected chi connectivity index (χ0v) is 43.6. The standard InChI is InChI=1S/C62H75NO12/c1-61(71,54(67)32-73-2)33-63-44-22-35(31-64)21-41(24-44)38-14-15-39-30-56(68)75-59-46(39)27-43(58(69)57(59)37-8-4-3-5-9-37)29-55-62(72)50-11-7-6-10-40(50)26-47-48(52(65)19-18-51(47)62)23-34-12-13-36-16-17-45(49(25-38)60(70)74-55)53(66)28-42(36)20-34/h12-13,20-22,24,27,37-40,47-48,50-51,53-55,63-64,66-67,69,71-72H,3-11,16-19,23,25-26,28-33H2,1-2H3. The third-order valence-electron chi connectivity index (χ3n) is 19.3. The van der Waals surface area contributed by atoms with Crippen LogP contribution in [-0.2, 0) is 56.1 Å². The lowest BCUT2D eigenvalue weighted by Gasteiger charge is -2.59. The van der Waals surface area contributed by atoms with E-state index in [0.29, 0.717) is 76.9 Å². The number of hydrogen-bond donors (Lipinski definition) is 7. The number of phenolic OH excluding ortho intramolecular Hbond substituents is 1. The van der Waals surface area contributed by atoms with E-state index in [2.05, 4.69) is 35.4 Å². The summed E-state index contributed by atoms with van der Waals surface area (Å²) >= 11 is 0. The van der Waals surface area contributed by atoms with Gasteiger partial charge in [-0.1, -0.05) is 74.6 Å². The molecule has 8 aliphatic rings. The van der Waals surface area contributed by atoms with Gasteiger partial charge in [-0.3, -0.25) is 9.59 Å². The van der Waals surface area contributed by atoms with Gasteiger partial charge in [0.1, 0.15) is 40.7 Å². The molecule has 0 aromatic heterocycles. The third kappa shape index (κ3) is 9.86. The fourth-order valence-corrected chi connectivity index (χ4v) is 15.4. The number of fused-ring (bicyclic) bond motifs is 10. The fourth-order valence-electron chi connectivity index (χ4n) is 15.4. The number of phenols is 1. The van der Waals surface area contributed by atoms with E-state index in [9.17, 15) is 40.2 Å². The largest absolute Gasteiger partial charge is 0.507 e. The number of Topliss-reactive ketones (excluding diaryl/α,β-unsaturated/α-hetero) is 1. The highest BCUT2D eigenvalue weighted by atomic mass is 16.6. The van der Waals surface area contributed by atoms with Gasteiger partial charge in [0.15, 0.2) is 0 Å². The van der Waals surface area contributed by atoms with E-state index in [1.165, 1.54) is 14.0 Å². The second-order valence-electron chi connectivity index (χ2n) is 23.9. The molecule has 0 saturated heterocycles. The van der Waals surface area contributed by atoms with Crippen molar-refractivity contribution in [2.24, 2.45) is 29.6 Å². The molecule has 75 heavy (non-hydrogen) atoms. The third-order valence-corrected chi connectivity index (χ3v) is 19.3. The molecule has 13 nitrogen and oxygen atoms in total. The van der Waals surface area contributed by atoms with E-state index in [1.807, 2.05) is 18.2 Å². The zero-order chi connectivity index (χ0) is 52.3. The van der Waals surface area contributed by atoms with Crippen molar-refractivity contribution in [3.63, 3.8) is 0 Å². The van der Waals surface area contributed by atoms with Crippen LogP contribution in [0, 0.1) is 41.4 Å². The first-order valence-corrected chi connectivity index (χ1v) is 28.1. The van der Waals surface area contributed by atoms with Crippen LogP contribution in [0.5, 0.6) is 11.5 Å². The van der Waals surface area contributed by atoms with Gasteiger partial charge >= 0.3 is 11.9 Å². The van der Waals surface area contributed by atoms with Crippen molar-refractivity contribution in [1.82, 2.24) is 0 Å². The van der Waals surface area contributed by atoms with Gasteiger partial charge in [-0.2, -0.15) is 0 Å². The molecule has 5 aliphatic carbocycles.